The highest BCUT2D eigenvalue weighted by atomic mass is 19.1. The maximum absolute atomic E-state index is 13.2. The molecule has 0 bridgehead atoms. The lowest BCUT2D eigenvalue weighted by Gasteiger charge is -2.11. The lowest BCUT2D eigenvalue weighted by Crippen LogP contribution is -2.16. The van der Waals surface area contributed by atoms with E-state index in [1.165, 1.54) is 12.1 Å². The first-order valence-corrected chi connectivity index (χ1v) is 7.22. The van der Waals surface area contributed by atoms with Gasteiger partial charge in [-0.1, -0.05) is 18.2 Å². The fourth-order valence-corrected chi connectivity index (χ4v) is 2.06. The average Bonchev–Trinajstić information content (AvgIpc) is 2.46. The normalized spacial score (nSPS) is 10.4. The number of amides is 1. The zero-order valence-corrected chi connectivity index (χ0v) is 13.1. The van der Waals surface area contributed by atoms with E-state index in [0.717, 1.165) is 22.4 Å². The number of anilines is 1. The van der Waals surface area contributed by atoms with E-state index in [2.05, 4.69) is 5.32 Å². The summed E-state index contributed by atoms with van der Waals surface area (Å²) in [6.45, 7) is 6.06. The minimum Gasteiger partial charge on any atom is -0.493 e. The Kier molecular flexibility index (Phi) is 5.15. The minimum absolute atomic E-state index is 0.195. The van der Waals surface area contributed by atoms with Gasteiger partial charge >= 0.3 is 0 Å². The van der Waals surface area contributed by atoms with Crippen molar-refractivity contribution in [3.05, 3.63) is 58.9 Å². The van der Waals surface area contributed by atoms with Gasteiger partial charge in [0, 0.05) is 5.69 Å². The van der Waals surface area contributed by atoms with E-state index in [1.807, 2.05) is 39.0 Å². The van der Waals surface area contributed by atoms with Crippen LogP contribution in [0.25, 0.3) is 0 Å². The molecule has 116 valence electrons. The minimum atomic E-state index is -0.368. The lowest BCUT2D eigenvalue weighted by atomic mass is 10.1. The molecule has 0 aromatic heterocycles. The molecule has 4 heteroatoms. The fraction of sp³-hybridized carbons (Fsp3) is 0.278. The number of aryl methyl sites for hydroxylation is 3. The molecule has 0 aliphatic carbocycles. The van der Waals surface area contributed by atoms with Gasteiger partial charge < -0.3 is 10.1 Å². The van der Waals surface area contributed by atoms with E-state index in [1.54, 1.807) is 6.07 Å². The Hall–Kier alpha value is -2.36. The zero-order valence-electron chi connectivity index (χ0n) is 13.1. The van der Waals surface area contributed by atoms with Gasteiger partial charge in [-0.25, -0.2) is 4.39 Å². The van der Waals surface area contributed by atoms with Gasteiger partial charge in [-0.05, 0) is 55.7 Å². The van der Waals surface area contributed by atoms with Crippen LogP contribution in [-0.2, 0) is 4.79 Å². The number of benzene rings is 2. The summed E-state index contributed by atoms with van der Waals surface area (Å²) in [6, 6.07) is 10.3. The van der Waals surface area contributed by atoms with Gasteiger partial charge in [-0.15, -0.1) is 0 Å². The van der Waals surface area contributed by atoms with Gasteiger partial charge in [0.15, 0.2) is 0 Å². The SMILES string of the molecule is Cc1ccc(C)c(OCCC(=O)Nc2cc(F)ccc2C)c1. The van der Waals surface area contributed by atoms with Gasteiger partial charge in [-0.3, -0.25) is 4.79 Å². The Morgan fingerprint density at radius 1 is 1.09 bits per heavy atom. The van der Waals surface area contributed by atoms with Crippen LogP contribution in [0, 0.1) is 26.6 Å². The standard InChI is InChI=1S/C18H20FNO2/c1-12-4-5-14(3)17(10-12)22-9-8-18(21)20-16-11-15(19)7-6-13(16)2/h4-7,10-11H,8-9H2,1-3H3,(H,20,21). The highest BCUT2D eigenvalue weighted by Gasteiger charge is 2.07. The Balaban J connectivity index is 1.88. The largest absolute Gasteiger partial charge is 0.493 e. The van der Waals surface area contributed by atoms with Crippen molar-refractivity contribution in [3.63, 3.8) is 0 Å². The number of nitrogens with one attached hydrogen (secondary N) is 1. The molecule has 0 heterocycles. The molecule has 2 rings (SSSR count). The van der Waals surface area contributed by atoms with Gasteiger partial charge in [0.1, 0.15) is 11.6 Å². The second-order valence-electron chi connectivity index (χ2n) is 5.37. The molecule has 0 aliphatic rings. The van der Waals surface area contributed by atoms with Crippen LogP contribution in [0.15, 0.2) is 36.4 Å². The molecule has 0 saturated heterocycles. The van der Waals surface area contributed by atoms with Crippen LogP contribution >= 0.6 is 0 Å². The second kappa shape index (κ2) is 7.07. The third-order valence-corrected chi connectivity index (χ3v) is 3.40. The Bertz CT molecular complexity index is 683. The molecule has 22 heavy (non-hydrogen) atoms. The summed E-state index contributed by atoms with van der Waals surface area (Å²) < 4.78 is 18.8. The number of hydrogen-bond donors (Lipinski definition) is 1. The summed E-state index contributed by atoms with van der Waals surface area (Å²) in [7, 11) is 0. The average molecular weight is 301 g/mol. The van der Waals surface area contributed by atoms with E-state index in [0.29, 0.717) is 5.69 Å². The third kappa shape index (κ3) is 4.32. The molecule has 0 spiro atoms. The van der Waals surface area contributed by atoms with E-state index in [4.69, 9.17) is 4.74 Å². The number of rotatable bonds is 5. The first-order chi connectivity index (χ1) is 10.5. The van der Waals surface area contributed by atoms with E-state index >= 15 is 0 Å². The molecule has 0 saturated carbocycles. The highest BCUT2D eigenvalue weighted by Crippen LogP contribution is 2.19. The topological polar surface area (TPSA) is 38.3 Å². The summed E-state index contributed by atoms with van der Waals surface area (Å²) in [5.74, 6) is 0.223. The summed E-state index contributed by atoms with van der Waals surface area (Å²) in [5, 5.41) is 2.70. The van der Waals surface area contributed by atoms with Crippen LogP contribution in [0.5, 0.6) is 5.75 Å². The molecule has 1 amide bonds. The van der Waals surface area contributed by atoms with Crippen molar-refractivity contribution in [2.75, 3.05) is 11.9 Å². The molecular formula is C18H20FNO2. The summed E-state index contributed by atoms with van der Waals surface area (Å²) in [6.07, 6.45) is 0.212. The number of ether oxygens (including phenoxy) is 1. The smallest absolute Gasteiger partial charge is 0.227 e. The lowest BCUT2D eigenvalue weighted by molar-refractivity contribution is -0.116. The Labute approximate surface area is 130 Å². The van der Waals surface area contributed by atoms with E-state index < -0.39 is 0 Å². The van der Waals surface area contributed by atoms with E-state index in [-0.39, 0.29) is 24.8 Å². The maximum atomic E-state index is 13.2. The number of carbonyl (C=O) groups excluding carboxylic acids is 1. The summed E-state index contributed by atoms with van der Waals surface area (Å²) in [4.78, 5) is 11.9. The van der Waals surface area contributed by atoms with Crippen LogP contribution in [0.4, 0.5) is 10.1 Å². The first-order valence-electron chi connectivity index (χ1n) is 7.22. The van der Waals surface area contributed by atoms with Gasteiger partial charge in [0.25, 0.3) is 0 Å². The van der Waals surface area contributed by atoms with Crippen LogP contribution in [0.3, 0.4) is 0 Å². The van der Waals surface area contributed by atoms with Crippen LogP contribution in [0.1, 0.15) is 23.1 Å². The summed E-state index contributed by atoms with van der Waals surface area (Å²) in [5.41, 5.74) is 3.47. The number of halogens is 1. The molecule has 1 N–H and O–H groups in total. The Morgan fingerprint density at radius 2 is 1.82 bits per heavy atom. The van der Waals surface area contributed by atoms with Gasteiger partial charge in [0.2, 0.25) is 5.91 Å². The monoisotopic (exact) mass is 301 g/mol. The molecule has 0 unspecified atom stereocenters. The number of hydrogen-bond acceptors (Lipinski definition) is 2. The van der Waals surface area contributed by atoms with E-state index in [9.17, 15) is 9.18 Å². The van der Waals surface area contributed by atoms with Crippen molar-refractivity contribution in [1.82, 2.24) is 0 Å². The van der Waals surface area contributed by atoms with Gasteiger partial charge in [-0.2, -0.15) is 0 Å². The van der Waals surface area contributed by atoms with Crippen molar-refractivity contribution in [2.45, 2.75) is 27.2 Å². The van der Waals surface area contributed by atoms with Crippen molar-refractivity contribution >= 4 is 11.6 Å². The molecule has 0 fully saturated rings. The first kappa shape index (κ1) is 16.0. The van der Waals surface area contributed by atoms with Crippen molar-refractivity contribution in [2.24, 2.45) is 0 Å². The van der Waals surface area contributed by atoms with Crippen molar-refractivity contribution in [1.29, 1.82) is 0 Å². The second-order valence-corrected chi connectivity index (χ2v) is 5.37. The third-order valence-electron chi connectivity index (χ3n) is 3.40. The molecule has 0 radical (unpaired) electrons. The molecule has 0 atom stereocenters. The number of carbonyl (C=O) groups is 1. The van der Waals surface area contributed by atoms with Crippen LogP contribution in [-0.4, -0.2) is 12.5 Å². The van der Waals surface area contributed by atoms with Crippen molar-refractivity contribution < 1.29 is 13.9 Å². The molecule has 2 aromatic rings. The van der Waals surface area contributed by atoms with Crippen LogP contribution in [0.2, 0.25) is 0 Å². The molecule has 0 aliphatic heterocycles. The van der Waals surface area contributed by atoms with Crippen LogP contribution < -0.4 is 10.1 Å². The Morgan fingerprint density at radius 3 is 2.59 bits per heavy atom. The van der Waals surface area contributed by atoms with Gasteiger partial charge in [0.05, 0.1) is 13.0 Å². The highest BCUT2D eigenvalue weighted by molar-refractivity contribution is 5.91. The predicted octanol–water partition coefficient (Wildman–Crippen LogP) is 4.16. The zero-order chi connectivity index (χ0) is 16.1. The fourth-order valence-electron chi connectivity index (χ4n) is 2.06. The predicted molar refractivity (Wildman–Crippen MR) is 85.8 cm³/mol. The summed E-state index contributed by atoms with van der Waals surface area (Å²) >= 11 is 0. The molecule has 2 aromatic carbocycles. The molecular weight excluding hydrogens is 281 g/mol. The van der Waals surface area contributed by atoms with Crippen molar-refractivity contribution in [3.8, 4) is 5.75 Å². The quantitative estimate of drug-likeness (QED) is 0.900. The maximum Gasteiger partial charge on any atom is 0.227 e. The molecule has 3 nitrogen and oxygen atoms in total.